The summed E-state index contributed by atoms with van der Waals surface area (Å²) in [7, 11) is 0. The van der Waals surface area contributed by atoms with E-state index in [4.69, 9.17) is 14.2 Å². The third kappa shape index (κ3) is 49.0. The van der Waals surface area contributed by atoms with Gasteiger partial charge in [0, 0.05) is 19.3 Å². The molecule has 0 bridgehead atoms. The van der Waals surface area contributed by atoms with Gasteiger partial charge in [-0.25, -0.2) is 0 Å². The molecule has 0 saturated carbocycles. The maximum Gasteiger partial charge on any atom is 0.306 e. The van der Waals surface area contributed by atoms with Crippen molar-refractivity contribution < 1.29 is 28.6 Å². The number of ether oxygens (including phenoxy) is 3. The third-order valence-corrected chi connectivity index (χ3v) is 10.2. The van der Waals surface area contributed by atoms with Crippen LogP contribution in [0.4, 0.5) is 0 Å². The number of hydrogen-bond acceptors (Lipinski definition) is 6. The van der Waals surface area contributed by atoms with Crippen LogP contribution in [0.5, 0.6) is 0 Å². The van der Waals surface area contributed by atoms with E-state index in [9.17, 15) is 14.4 Å². The number of rotatable bonds is 44. The van der Waals surface area contributed by atoms with Gasteiger partial charge in [-0.05, 0) is 116 Å². The summed E-state index contributed by atoms with van der Waals surface area (Å²) in [6.07, 6.45) is 68.0. The largest absolute Gasteiger partial charge is 0.462 e. The average Bonchev–Trinajstić information content (AvgIpc) is 3.28. The number of carbonyl (C=O) groups excluding carboxylic acids is 3. The van der Waals surface area contributed by atoms with Crippen molar-refractivity contribution in [1.82, 2.24) is 0 Å². The second-order valence-corrected chi connectivity index (χ2v) is 16.4. The molecule has 0 radical (unpaired) electrons. The standard InChI is InChI=1S/C57H92O6/c1-4-7-10-13-16-19-22-24-26-27-28-29-31-33-36-39-42-45-48-51-57(60)63-54(52-61-55(58)49-46-43-40-37-34-21-18-15-12-9-6-3)53-62-56(59)50-47-44-41-38-35-32-30-25-23-20-17-14-11-8-5-2/h15-20,24-26,28-30,33,35-36,38,42,45,54H,4-14,21-23,27,31-32,34,37,39-41,43-44,46-53H2,1-3H3/b18-15-,19-16-,20-17-,26-24-,29-28-,30-25-,36-33-,38-35-,45-42-/t54-/m0/s1. The Morgan fingerprint density at radius 1 is 0.317 bits per heavy atom. The maximum absolute atomic E-state index is 12.8. The first-order chi connectivity index (χ1) is 31.0. The van der Waals surface area contributed by atoms with Gasteiger partial charge in [0.05, 0.1) is 0 Å². The highest BCUT2D eigenvalue weighted by Crippen LogP contribution is 2.11. The lowest BCUT2D eigenvalue weighted by atomic mass is 10.1. The molecule has 356 valence electrons. The summed E-state index contributed by atoms with van der Waals surface area (Å²) in [5.41, 5.74) is 0. The number of hydrogen-bond donors (Lipinski definition) is 0. The highest BCUT2D eigenvalue weighted by Gasteiger charge is 2.19. The zero-order valence-electron chi connectivity index (χ0n) is 40.5. The van der Waals surface area contributed by atoms with Crippen LogP contribution in [0, 0.1) is 0 Å². The van der Waals surface area contributed by atoms with E-state index in [1.54, 1.807) is 0 Å². The van der Waals surface area contributed by atoms with Crippen molar-refractivity contribution in [3.8, 4) is 0 Å². The Labute approximate surface area is 387 Å². The number of unbranched alkanes of at least 4 members (excludes halogenated alkanes) is 15. The first kappa shape index (κ1) is 59.1. The highest BCUT2D eigenvalue weighted by molar-refractivity contribution is 5.71. The highest BCUT2D eigenvalue weighted by atomic mass is 16.6. The molecular formula is C57H92O6. The van der Waals surface area contributed by atoms with Gasteiger partial charge in [-0.3, -0.25) is 14.4 Å². The first-order valence-corrected chi connectivity index (χ1v) is 25.4. The molecule has 0 N–H and O–H groups in total. The fourth-order valence-corrected chi connectivity index (χ4v) is 6.35. The van der Waals surface area contributed by atoms with Gasteiger partial charge in [0.15, 0.2) is 6.10 Å². The van der Waals surface area contributed by atoms with Crippen LogP contribution >= 0.6 is 0 Å². The summed E-state index contributed by atoms with van der Waals surface area (Å²) < 4.78 is 16.6. The molecule has 0 rings (SSSR count). The normalized spacial score (nSPS) is 13.0. The molecule has 0 heterocycles. The third-order valence-electron chi connectivity index (χ3n) is 10.2. The average molecular weight is 873 g/mol. The Morgan fingerprint density at radius 3 is 1.05 bits per heavy atom. The Morgan fingerprint density at radius 2 is 0.619 bits per heavy atom. The molecule has 0 spiro atoms. The van der Waals surface area contributed by atoms with E-state index in [0.29, 0.717) is 19.3 Å². The van der Waals surface area contributed by atoms with Crippen LogP contribution in [0.25, 0.3) is 0 Å². The summed E-state index contributed by atoms with van der Waals surface area (Å²) in [5.74, 6) is -1.07. The fraction of sp³-hybridized carbons (Fsp3) is 0.632. The Balaban J connectivity index is 4.58. The van der Waals surface area contributed by atoms with E-state index in [1.807, 2.05) is 12.2 Å². The molecule has 0 fully saturated rings. The number of esters is 3. The molecule has 0 aromatic rings. The zero-order chi connectivity index (χ0) is 45.8. The van der Waals surface area contributed by atoms with Crippen LogP contribution < -0.4 is 0 Å². The molecule has 6 heteroatoms. The van der Waals surface area contributed by atoms with Crippen molar-refractivity contribution in [2.75, 3.05) is 13.2 Å². The second kappa shape index (κ2) is 50.7. The fourth-order valence-electron chi connectivity index (χ4n) is 6.35. The summed E-state index contributed by atoms with van der Waals surface area (Å²) in [6, 6.07) is 0. The molecule has 6 nitrogen and oxygen atoms in total. The van der Waals surface area contributed by atoms with Crippen molar-refractivity contribution in [1.29, 1.82) is 0 Å². The van der Waals surface area contributed by atoms with Crippen molar-refractivity contribution in [2.24, 2.45) is 0 Å². The predicted molar refractivity (Wildman–Crippen MR) is 270 cm³/mol. The summed E-state index contributed by atoms with van der Waals surface area (Å²) in [5, 5.41) is 0. The van der Waals surface area contributed by atoms with Gasteiger partial charge in [0.25, 0.3) is 0 Å². The SMILES string of the molecule is CCCC/C=C\CCCCCCCC(=O)OC[C@@H](COC(=O)CCCC/C=C\C/C=C\C/C=C\CCCCC)OC(=O)CC/C=C\C/C=C\C/C=C\C/C=C\C/C=C\CCCCC. The van der Waals surface area contributed by atoms with Gasteiger partial charge in [-0.1, -0.05) is 188 Å². The molecule has 0 unspecified atom stereocenters. The molecular weight excluding hydrogens is 781 g/mol. The van der Waals surface area contributed by atoms with Crippen LogP contribution in [0.2, 0.25) is 0 Å². The summed E-state index contributed by atoms with van der Waals surface area (Å²) in [4.78, 5) is 37.9. The van der Waals surface area contributed by atoms with Crippen LogP contribution in [0.1, 0.15) is 213 Å². The van der Waals surface area contributed by atoms with Crippen LogP contribution in [0.15, 0.2) is 109 Å². The summed E-state index contributed by atoms with van der Waals surface area (Å²) >= 11 is 0. The van der Waals surface area contributed by atoms with Gasteiger partial charge < -0.3 is 14.2 Å². The molecule has 0 aliphatic heterocycles. The van der Waals surface area contributed by atoms with Crippen molar-refractivity contribution >= 4 is 17.9 Å². The molecule has 0 saturated heterocycles. The lowest BCUT2D eigenvalue weighted by molar-refractivity contribution is -0.166. The van der Waals surface area contributed by atoms with Gasteiger partial charge in [-0.2, -0.15) is 0 Å². The minimum Gasteiger partial charge on any atom is -0.462 e. The van der Waals surface area contributed by atoms with E-state index in [-0.39, 0.29) is 38.0 Å². The van der Waals surface area contributed by atoms with Crippen LogP contribution in [0.3, 0.4) is 0 Å². The lowest BCUT2D eigenvalue weighted by Crippen LogP contribution is -2.30. The van der Waals surface area contributed by atoms with E-state index in [0.717, 1.165) is 83.5 Å². The van der Waals surface area contributed by atoms with Gasteiger partial charge in [-0.15, -0.1) is 0 Å². The molecule has 0 aromatic heterocycles. The maximum atomic E-state index is 12.8. The van der Waals surface area contributed by atoms with Crippen LogP contribution in [-0.2, 0) is 28.6 Å². The molecule has 0 amide bonds. The zero-order valence-corrected chi connectivity index (χ0v) is 40.5. The summed E-state index contributed by atoms with van der Waals surface area (Å²) in [6.45, 7) is 6.42. The quantitative estimate of drug-likeness (QED) is 0.0263. The smallest absolute Gasteiger partial charge is 0.306 e. The van der Waals surface area contributed by atoms with E-state index >= 15 is 0 Å². The molecule has 1 atom stereocenters. The second-order valence-electron chi connectivity index (χ2n) is 16.4. The van der Waals surface area contributed by atoms with E-state index in [2.05, 4.69) is 118 Å². The Kier molecular flexibility index (Phi) is 47.5. The minimum absolute atomic E-state index is 0.126. The van der Waals surface area contributed by atoms with E-state index in [1.165, 1.54) is 77.0 Å². The minimum atomic E-state index is -0.837. The van der Waals surface area contributed by atoms with Crippen molar-refractivity contribution in [3.05, 3.63) is 109 Å². The molecule has 0 aliphatic rings. The molecule has 63 heavy (non-hydrogen) atoms. The predicted octanol–water partition coefficient (Wildman–Crippen LogP) is 16.8. The van der Waals surface area contributed by atoms with E-state index < -0.39 is 12.1 Å². The molecule has 0 aromatic carbocycles. The number of carbonyl (C=O) groups is 3. The first-order valence-electron chi connectivity index (χ1n) is 25.4. The monoisotopic (exact) mass is 873 g/mol. The van der Waals surface area contributed by atoms with Crippen molar-refractivity contribution in [2.45, 2.75) is 219 Å². The van der Waals surface area contributed by atoms with Crippen molar-refractivity contribution in [3.63, 3.8) is 0 Å². The van der Waals surface area contributed by atoms with Gasteiger partial charge in [0.2, 0.25) is 0 Å². The topological polar surface area (TPSA) is 78.9 Å². The Bertz CT molecular complexity index is 1330. The Hall–Kier alpha value is -3.93. The van der Waals surface area contributed by atoms with Gasteiger partial charge in [0.1, 0.15) is 13.2 Å². The molecule has 0 aliphatic carbocycles. The lowest BCUT2D eigenvalue weighted by Gasteiger charge is -2.18. The number of allylic oxidation sites excluding steroid dienone is 18. The van der Waals surface area contributed by atoms with Crippen LogP contribution in [-0.4, -0.2) is 37.2 Å². The van der Waals surface area contributed by atoms with Gasteiger partial charge >= 0.3 is 17.9 Å².